The van der Waals surface area contributed by atoms with Crippen LogP contribution in [0.4, 0.5) is 13.2 Å². The van der Waals surface area contributed by atoms with Gasteiger partial charge in [-0.05, 0) is 156 Å². The van der Waals surface area contributed by atoms with E-state index in [9.17, 15) is 36.0 Å². The minimum absolute atomic E-state index is 0. The van der Waals surface area contributed by atoms with Crippen molar-refractivity contribution in [2.24, 2.45) is 28.1 Å². The predicted molar refractivity (Wildman–Crippen MR) is 217 cm³/mol. The number of hydrogen-bond donors (Lipinski definition) is 0. The van der Waals surface area contributed by atoms with E-state index in [0.717, 1.165) is 12.8 Å². The van der Waals surface area contributed by atoms with E-state index in [0.29, 0.717) is 38.3 Å². The molecule has 56 heavy (non-hydrogen) atoms. The fourth-order valence-corrected chi connectivity index (χ4v) is 22.8. The number of hydrogen-bond acceptors (Lipinski definition) is 10. The molecule has 4 rings (SSSR count). The molecular weight excluding hydrogens is 847 g/mol. The molecule has 0 heterocycles. The predicted octanol–water partition coefficient (Wildman–Crippen LogP) is 6.91. The number of sulfonamides is 1. The molecule has 4 bridgehead atoms. The van der Waals surface area contributed by atoms with Gasteiger partial charge in [0.1, 0.15) is 5.60 Å². The maximum Gasteiger partial charge on any atom is 1.00 e. The number of ether oxygens (including phenoxy) is 2. The number of alkyl halides is 3. The van der Waals surface area contributed by atoms with Gasteiger partial charge in [0.25, 0.3) is 0 Å². The Morgan fingerprint density at radius 2 is 1.14 bits per heavy atom. The zero-order valence-electron chi connectivity index (χ0n) is 37.0. The first-order chi connectivity index (χ1) is 24.4. The number of esters is 2. The number of nitrogens with zero attached hydrogens (tertiary/aromatic N) is 1. The molecule has 0 N–H and O–H groups in total. The number of amides is 1. The van der Waals surface area contributed by atoms with E-state index in [4.69, 9.17) is 21.8 Å². The molecule has 0 aromatic rings. The second-order valence-electron chi connectivity index (χ2n) is 20.2. The third kappa shape index (κ3) is 15.8. The van der Waals surface area contributed by atoms with Crippen LogP contribution in [0.2, 0.25) is 65.0 Å². The van der Waals surface area contributed by atoms with Crippen molar-refractivity contribution in [3.63, 3.8) is 0 Å². The summed E-state index contributed by atoms with van der Waals surface area (Å²) in [7, 11) is -14.3. The quantitative estimate of drug-likeness (QED) is 0.0858. The van der Waals surface area contributed by atoms with Crippen molar-refractivity contribution in [2.75, 3.05) is 6.61 Å². The zero-order chi connectivity index (χ0) is 42.9. The Bertz CT molecular complexity index is 1440. The monoisotopic (exact) mass is 915 g/mol. The van der Waals surface area contributed by atoms with Gasteiger partial charge in [0.05, 0.1) is 23.3 Å². The van der Waals surface area contributed by atoms with E-state index in [1.54, 1.807) is 13.8 Å². The Morgan fingerprint density at radius 3 is 1.52 bits per heavy atom. The molecule has 0 aromatic carbocycles. The third-order valence-corrected chi connectivity index (χ3v) is 23.4. The van der Waals surface area contributed by atoms with E-state index in [2.05, 4.69) is 63.6 Å². The normalized spacial score (nSPS) is 24.4. The van der Waals surface area contributed by atoms with Gasteiger partial charge in [-0.15, -0.1) is 0 Å². The molecule has 4 aliphatic carbocycles. The molecule has 0 aliphatic heterocycles. The maximum absolute atomic E-state index is 12.7. The first-order valence-electron chi connectivity index (χ1n) is 19.5. The largest absolute Gasteiger partial charge is 1.00 e. The van der Waals surface area contributed by atoms with Gasteiger partial charge in [0.2, 0.25) is 0 Å². The van der Waals surface area contributed by atoms with Crippen molar-refractivity contribution in [3.8, 4) is 0 Å². The Kier molecular flexibility index (Phi) is 18.8. The van der Waals surface area contributed by atoms with E-state index >= 15 is 0 Å². The van der Waals surface area contributed by atoms with E-state index in [-0.39, 0.29) is 88.5 Å². The summed E-state index contributed by atoms with van der Waals surface area (Å²) in [5.74, 6) is -1.79. The van der Waals surface area contributed by atoms with Crippen LogP contribution in [0.1, 0.15) is 99.3 Å². The van der Waals surface area contributed by atoms with E-state index < -0.39 is 83.0 Å². The van der Waals surface area contributed by atoms with E-state index in [1.807, 2.05) is 27.7 Å². The summed E-state index contributed by atoms with van der Waals surface area (Å²) < 4.78 is 94.7. The van der Waals surface area contributed by atoms with Crippen LogP contribution in [0.15, 0.2) is 0 Å². The van der Waals surface area contributed by atoms with Crippen LogP contribution >= 0.6 is 0 Å². The minimum Gasteiger partial charge on any atom is -0.538 e. The van der Waals surface area contributed by atoms with Crippen molar-refractivity contribution in [3.05, 3.63) is 4.72 Å². The maximum atomic E-state index is 12.7. The van der Waals surface area contributed by atoms with Gasteiger partial charge >= 0.3 is 77.6 Å². The molecule has 4 aliphatic rings. The summed E-state index contributed by atoms with van der Waals surface area (Å²) in [4.78, 5) is 37.5. The van der Waals surface area contributed by atoms with Gasteiger partial charge in [-0.2, -0.15) is 13.2 Å². The van der Waals surface area contributed by atoms with Gasteiger partial charge in [0, 0.05) is 11.5 Å². The molecule has 322 valence electrons. The van der Waals surface area contributed by atoms with Crippen molar-refractivity contribution in [2.45, 2.75) is 175 Å². The summed E-state index contributed by atoms with van der Waals surface area (Å²) in [6.07, 6.45) is 4.54. The molecule has 4 fully saturated rings. The smallest absolute Gasteiger partial charge is 0.538 e. The first kappa shape index (κ1) is 54.6. The molecule has 0 spiro atoms. The molecule has 1 amide bonds. The Morgan fingerprint density at radius 1 is 0.732 bits per heavy atom. The molecular formula is C36H69F3KNO10SSi4. The molecule has 2 unspecified atom stereocenters. The summed E-state index contributed by atoms with van der Waals surface area (Å²) in [5.41, 5.74) is -9.00. The van der Waals surface area contributed by atoms with Crippen LogP contribution in [-0.2, 0) is 46.2 Å². The standard InChI is InChI=1S/C18H26F3NO5S.C18H44O5Si4.K/c1-4-15(2,3)14(24)27-17-8-11-5-12(9-17)7-16(6-11,10-17)13(23)22-28(25,26)18(19,20)21;1-13-18(2,3)17(19)20-15-14-16-27(21-24(4,5)6,22-25(7,8)9)23-26(10,11)12;/h11-12H,4-10H2,1-3H3,(H,22,23);13-16H2,1-12H3;/q;;+1/p-1. The average Bonchev–Trinajstić information content (AvgIpc) is 2.95. The summed E-state index contributed by atoms with van der Waals surface area (Å²) in [6.45, 7) is 31.2. The fourth-order valence-electron chi connectivity index (χ4n) is 7.69. The SMILES string of the molecule is CCC(C)(C)C(=O)OC12CC3CC(C1)CC(C(=O)[N-]S(=O)(=O)C(F)(F)F)(C3)C2.CCC(C)(C)C(=O)OCCC[Si](O[Si](C)(C)C)(O[Si](C)(C)C)O[Si](C)(C)C.[K+]. The van der Waals surface area contributed by atoms with Crippen LogP contribution in [0, 0.1) is 28.1 Å². The second-order valence-corrected chi connectivity index (χ2v) is 38.8. The first-order valence-corrected chi connectivity index (χ1v) is 33.1. The van der Waals surface area contributed by atoms with Crippen molar-refractivity contribution in [1.82, 2.24) is 0 Å². The molecule has 4 saturated carbocycles. The van der Waals surface area contributed by atoms with E-state index in [1.165, 1.54) is 0 Å². The van der Waals surface area contributed by atoms with Gasteiger partial charge < -0.3 is 31.3 Å². The van der Waals surface area contributed by atoms with Crippen LogP contribution in [0.3, 0.4) is 0 Å². The Hall–Kier alpha value is 0.534. The van der Waals surface area contributed by atoms with Crippen LogP contribution in [0.5, 0.6) is 0 Å². The minimum atomic E-state index is -5.89. The van der Waals surface area contributed by atoms with Gasteiger partial charge in [0.15, 0.2) is 35.0 Å². The van der Waals surface area contributed by atoms with Gasteiger partial charge in [-0.1, -0.05) is 13.8 Å². The van der Waals surface area contributed by atoms with Gasteiger partial charge in [-0.25, -0.2) is 8.42 Å². The zero-order valence-corrected chi connectivity index (χ0v) is 44.9. The molecule has 0 saturated heterocycles. The summed E-state index contributed by atoms with van der Waals surface area (Å²) >= 11 is 0. The number of carbonyl (C=O) groups excluding carboxylic acids is 3. The molecule has 11 nitrogen and oxygen atoms in total. The Labute approximate surface area is 382 Å². The van der Waals surface area contributed by atoms with Crippen LogP contribution in [0.25, 0.3) is 4.72 Å². The summed E-state index contributed by atoms with van der Waals surface area (Å²) in [6, 6.07) is 0.700. The topological polar surface area (TPSA) is 146 Å². The average molecular weight is 916 g/mol. The second kappa shape index (κ2) is 19.3. The fraction of sp³-hybridized carbons (Fsp3) is 0.917. The number of rotatable bonds is 17. The summed E-state index contributed by atoms with van der Waals surface area (Å²) in [5, 5.41) is 0. The number of halogens is 3. The Balaban J connectivity index is 0.000000551. The molecule has 0 aromatic heterocycles. The third-order valence-electron chi connectivity index (χ3n) is 10.4. The molecule has 0 radical (unpaired) electrons. The molecule has 2 atom stereocenters. The van der Waals surface area contributed by atoms with Crippen molar-refractivity contribution >= 4 is 61.6 Å². The van der Waals surface area contributed by atoms with Crippen LogP contribution < -0.4 is 51.4 Å². The van der Waals surface area contributed by atoms with Crippen molar-refractivity contribution in [1.29, 1.82) is 0 Å². The number of carbonyl (C=O) groups is 3. The van der Waals surface area contributed by atoms with Crippen LogP contribution in [-0.4, -0.2) is 77.7 Å². The van der Waals surface area contributed by atoms with Crippen molar-refractivity contribution < 1.29 is 109 Å². The molecule has 20 heteroatoms. The van der Waals surface area contributed by atoms with Gasteiger partial charge in [-0.3, -0.25) is 9.59 Å².